The molecule has 1 saturated heterocycles. The molecule has 1 aliphatic rings. The quantitative estimate of drug-likeness (QED) is 0.878. The highest BCUT2D eigenvalue weighted by atomic mass is 16.2. The number of hydrogen-bond donors (Lipinski definition) is 1. The number of urea groups is 1. The molecule has 0 saturated carbocycles. The van der Waals surface area contributed by atoms with Crippen molar-refractivity contribution in [3.63, 3.8) is 0 Å². The lowest BCUT2D eigenvalue weighted by molar-refractivity contribution is -0.132. The van der Waals surface area contributed by atoms with Crippen molar-refractivity contribution in [2.75, 3.05) is 18.4 Å². The van der Waals surface area contributed by atoms with Gasteiger partial charge in [-0.1, -0.05) is 0 Å². The van der Waals surface area contributed by atoms with Gasteiger partial charge in [0.2, 0.25) is 5.91 Å². The zero-order valence-corrected chi connectivity index (χ0v) is 16.3. The van der Waals surface area contributed by atoms with Gasteiger partial charge in [-0.05, 0) is 38.3 Å². The highest BCUT2D eigenvalue weighted by molar-refractivity contribution is 5.89. The van der Waals surface area contributed by atoms with Crippen molar-refractivity contribution in [1.29, 1.82) is 0 Å². The molecule has 0 unspecified atom stereocenters. The van der Waals surface area contributed by atoms with E-state index in [2.05, 4.69) is 20.3 Å². The standard InChI is InChI=1S/C20H26N6O2/c1-15-10-18(5-7-23-15)24-20(28)25-8-3-4-19(6-9-25)26(16(2)27)13-17-11-21-14-22-12-17/h5,7,10-12,14,19H,3-4,6,8-9,13H2,1-2H3,(H,23,24,28)/t19-/m1/s1. The Hall–Kier alpha value is -3.03. The Morgan fingerprint density at radius 3 is 2.75 bits per heavy atom. The average molecular weight is 382 g/mol. The predicted octanol–water partition coefficient (Wildman–Crippen LogP) is 2.62. The number of carbonyl (C=O) groups is 2. The zero-order chi connectivity index (χ0) is 19.9. The molecule has 0 spiro atoms. The minimum atomic E-state index is -0.114. The van der Waals surface area contributed by atoms with E-state index in [4.69, 9.17) is 0 Å². The lowest BCUT2D eigenvalue weighted by atomic mass is 10.1. The van der Waals surface area contributed by atoms with Crippen LogP contribution in [0.4, 0.5) is 10.5 Å². The molecular formula is C20H26N6O2. The van der Waals surface area contributed by atoms with Crippen molar-refractivity contribution < 1.29 is 9.59 Å². The number of pyridine rings is 1. The number of carbonyl (C=O) groups excluding carboxylic acids is 2. The van der Waals surface area contributed by atoms with Crippen LogP contribution in [-0.2, 0) is 11.3 Å². The van der Waals surface area contributed by atoms with Gasteiger partial charge in [-0.3, -0.25) is 9.78 Å². The van der Waals surface area contributed by atoms with Gasteiger partial charge in [0.05, 0.1) is 0 Å². The molecule has 1 aliphatic heterocycles. The second-order valence-electron chi connectivity index (χ2n) is 7.08. The first-order valence-corrected chi connectivity index (χ1v) is 9.52. The third-order valence-electron chi connectivity index (χ3n) is 4.94. The van der Waals surface area contributed by atoms with Crippen LogP contribution in [0.25, 0.3) is 0 Å². The predicted molar refractivity (Wildman–Crippen MR) is 105 cm³/mol. The van der Waals surface area contributed by atoms with Gasteiger partial charge in [0.25, 0.3) is 0 Å². The molecule has 2 aromatic heterocycles. The Kier molecular flexibility index (Phi) is 6.52. The Labute approximate surface area is 165 Å². The minimum absolute atomic E-state index is 0.0269. The van der Waals surface area contributed by atoms with E-state index >= 15 is 0 Å². The number of nitrogens with zero attached hydrogens (tertiary/aromatic N) is 5. The van der Waals surface area contributed by atoms with E-state index in [1.807, 2.05) is 22.8 Å². The van der Waals surface area contributed by atoms with Crippen LogP contribution in [0.15, 0.2) is 37.1 Å². The van der Waals surface area contributed by atoms with E-state index in [0.717, 1.165) is 36.2 Å². The Bertz CT molecular complexity index is 813. The largest absolute Gasteiger partial charge is 0.335 e. The molecule has 8 nitrogen and oxygen atoms in total. The Morgan fingerprint density at radius 1 is 1.25 bits per heavy atom. The molecule has 0 aromatic carbocycles. The van der Waals surface area contributed by atoms with E-state index in [0.29, 0.717) is 19.6 Å². The van der Waals surface area contributed by atoms with Gasteiger partial charge in [0, 0.05) is 68.1 Å². The van der Waals surface area contributed by atoms with Gasteiger partial charge in [-0.15, -0.1) is 0 Å². The molecule has 3 heterocycles. The summed E-state index contributed by atoms with van der Waals surface area (Å²) in [5, 5.41) is 2.94. The normalized spacial score (nSPS) is 16.9. The molecule has 0 radical (unpaired) electrons. The first kappa shape index (κ1) is 19.7. The van der Waals surface area contributed by atoms with E-state index in [9.17, 15) is 9.59 Å². The summed E-state index contributed by atoms with van der Waals surface area (Å²) in [6.07, 6.45) is 9.09. The monoisotopic (exact) mass is 382 g/mol. The summed E-state index contributed by atoms with van der Waals surface area (Å²) in [5.74, 6) is 0.0269. The summed E-state index contributed by atoms with van der Waals surface area (Å²) in [7, 11) is 0. The number of nitrogens with one attached hydrogen (secondary N) is 1. The first-order chi connectivity index (χ1) is 13.5. The van der Waals surface area contributed by atoms with Gasteiger partial charge in [-0.25, -0.2) is 14.8 Å². The van der Waals surface area contributed by atoms with Crippen molar-refractivity contribution in [3.05, 3.63) is 48.3 Å². The van der Waals surface area contributed by atoms with E-state index < -0.39 is 0 Å². The van der Waals surface area contributed by atoms with Crippen molar-refractivity contribution in [1.82, 2.24) is 24.8 Å². The molecule has 1 N–H and O–H groups in total. The summed E-state index contributed by atoms with van der Waals surface area (Å²) in [6.45, 7) is 5.25. The number of aromatic nitrogens is 3. The number of hydrogen-bond acceptors (Lipinski definition) is 5. The fraction of sp³-hybridized carbons (Fsp3) is 0.450. The maximum absolute atomic E-state index is 12.6. The first-order valence-electron chi connectivity index (χ1n) is 9.52. The number of aryl methyl sites for hydroxylation is 1. The SMILES string of the molecule is CC(=O)N(Cc1cncnc1)[C@@H]1CCCN(C(=O)Nc2ccnc(C)c2)CC1. The molecule has 0 aliphatic carbocycles. The van der Waals surface area contributed by atoms with Crippen LogP contribution in [0.3, 0.4) is 0 Å². The van der Waals surface area contributed by atoms with E-state index in [1.54, 1.807) is 31.6 Å². The van der Waals surface area contributed by atoms with E-state index in [1.165, 1.54) is 6.33 Å². The minimum Gasteiger partial charge on any atom is -0.335 e. The van der Waals surface area contributed by atoms with Crippen molar-refractivity contribution in [2.45, 2.75) is 45.7 Å². The van der Waals surface area contributed by atoms with Crippen LogP contribution in [0.2, 0.25) is 0 Å². The van der Waals surface area contributed by atoms with Gasteiger partial charge < -0.3 is 15.1 Å². The van der Waals surface area contributed by atoms with Crippen molar-refractivity contribution >= 4 is 17.6 Å². The summed E-state index contributed by atoms with van der Waals surface area (Å²) < 4.78 is 0. The molecule has 8 heteroatoms. The van der Waals surface area contributed by atoms with Gasteiger partial charge >= 0.3 is 6.03 Å². The second-order valence-corrected chi connectivity index (χ2v) is 7.08. The van der Waals surface area contributed by atoms with Crippen LogP contribution in [0, 0.1) is 6.92 Å². The van der Waals surface area contributed by atoms with Gasteiger partial charge in [0.1, 0.15) is 6.33 Å². The molecule has 1 atom stereocenters. The smallest absolute Gasteiger partial charge is 0.321 e. The molecular weight excluding hydrogens is 356 g/mol. The molecule has 3 amide bonds. The van der Waals surface area contributed by atoms with Crippen LogP contribution in [0.5, 0.6) is 0 Å². The zero-order valence-electron chi connectivity index (χ0n) is 16.3. The molecule has 0 bridgehead atoms. The van der Waals surface area contributed by atoms with Crippen LogP contribution >= 0.6 is 0 Å². The Morgan fingerprint density at radius 2 is 2.04 bits per heavy atom. The molecule has 1 fully saturated rings. The van der Waals surface area contributed by atoms with Crippen molar-refractivity contribution in [3.8, 4) is 0 Å². The highest BCUT2D eigenvalue weighted by Crippen LogP contribution is 2.20. The maximum atomic E-state index is 12.6. The van der Waals surface area contributed by atoms with Crippen LogP contribution in [0.1, 0.15) is 37.4 Å². The summed E-state index contributed by atoms with van der Waals surface area (Å²) in [6, 6.07) is 3.61. The molecule has 28 heavy (non-hydrogen) atoms. The Balaban J connectivity index is 1.61. The highest BCUT2D eigenvalue weighted by Gasteiger charge is 2.26. The topological polar surface area (TPSA) is 91.3 Å². The average Bonchev–Trinajstić information content (AvgIpc) is 2.93. The number of amides is 3. The van der Waals surface area contributed by atoms with Gasteiger partial charge in [-0.2, -0.15) is 0 Å². The molecule has 2 aromatic rings. The van der Waals surface area contributed by atoms with Crippen molar-refractivity contribution in [2.24, 2.45) is 0 Å². The fourth-order valence-electron chi connectivity index (χ4n) is 3.53. The third kappa shape index (κ3) is 5.25. The van der Waals surface area contributed by atoms with Crippen LogP contribution in [-0.4, -0.2) is 55.8 Å². The third-order valence-corrected chi connectivity index (χ3v) is 4.94. The summed E-state index contributed by atoms with van der Waals surface area (Å²) in [4.78, 5) is 40.7. The lowest BCUT2D eigenvalue weighted by Gasteiger charge is -2.30. The number of anilines is 1. The molecule has 148 valence electrons. The van der Waals surface area contributed by atoms with Crippen LogP contribution < -0.4 is 5.32 Å². The fourth-order valence-corrected chi connectivity index (χ4v) is 3.53. The second kappa shape index (κ2) is 9.25. The summed E-state index contributed by atoms with van der Waals surface area (Å²) >= 11 is 0. The molecule has 3 rings (SSSR count). The lowest BCUT2D eigenvalue weighted by Crippen LogP contribution is -2.40. The van der Waals surface area contributed by atoms with Gasteiger partial charge in [0.15, 0.2) is 0 Å². The number of likely N-dealkylation sites (tertiary alicyclic amines) is 1. The summed E-state index contributed by atoms with van der Waals surface area (Å²) in [5.41, 5.74) is 2.51. The van der Waals surface area contributed by atoms with E-state index in [-0.39, 0.29) is 18.0 Å². The maximum Gasteiger partial charge on any atom is 0.321 e. The number of rotatable bonds is 4.